The fourth-order valence-corrected chi connectivity index (χ4v) is 1.71. The predicted molar refractivity (Wildman–Crippen MR) is 65.3 cm³/mol. The topological polar surface area (TPSA) is 29.5 Å². The molecule has 17 heavy (non-hydrogen) atoms. The van der Waals surface area contributed by atoms with Crippen LogP contribution >= 0.6 is 0 Å². The Morgan fingerprint density at radius 1 is 1.41 bits per heavy atom. The van der Waals surface area contributed by atoms with Gasteiger partial charge in [-0.2, -0.15) is 0 Å². The summed E-state index contributed by atoms with van der Waals surface area (Å²) in [6, 6.07) is 9.82. The van der Waals surface area contributed by atoms with Crippen LogP contribution in [0.3, 0.4) is 0 Å². The van der Waals surface area contributed by atoms with Gasteiger partial charge in [-0.25, -0.2) is 4.79 Å². The zero-order valence-electron chi connectivity index (χ0n) is 10.0. The van der Waals surface area contributed by atoms with Gasteiger partial charge < -0.3 is 4.74 Å². The van der Waals surface area contributed by atoms with E-state index in [9.17, 15) is 4.79 Å². The molecule has 1 aromatic carbocycles. The number of ether oxygens (including phenoxy) is 1. The Morgan fingerprint density at radius 2 is 2.12 bits per heavy atom. The summed E-state index contributed by atoms with van der Waals surface area (Å²) in [6.07, 6.45) is 1.36. The number of allylic oxidation sites excluding steroid dienone is 1. The summed E-state index contributed by atoms with van der Waals surface area (Å²) < 4.78 is 5.07. The van der Waals surface area contributed by atoms with Gasteiger partial charge in [-0.05, 0) is 25.0 Å². The first-order valence-electron chi connectivity index (χ1n) is 5.58. The first-order valence-corrected chi connectivity index (χ1v) is 5.58. The second-order valence-corrected chi connectivity index (χ2v) is 4.18. The summed E-state index contributed by atoms with van der Waals surface area (Å²) in [4.78, 5) is 13.2. The quantitative estimate of drug-likeness (QED) is 0.728. The molecule has 0 bridgehead atoms. The highest BCUT2D eigenvalue weighted by Gasteiger charge is 2.32. The number of nitrogens with zero attached hydrogens (tertiary/aromatic N) is 1. The molecule has 0 N–H and O–H groups in total. The van der Waals surface area contributed by atoms with Gasteiger partial charge in [0.2, 0.25) is 0 Å². The van der Waals surface area contributed by atoms with Crippen molar-refractivity contribution in [1.82, 2.24) is 4.90 Å². The first kappa shape index (κ1) is 11.5. The minimum atomic E-state index is -0.312. The third-order valence-electron chi connectivity index (χ3n) is 2.59. The molecule has 1 aliphatic heterocycles. The Bertz CT molecular complexity index is 468. The lowest BCUT2D eigenvalue weighted by molar-refractivity contribution is 0.166. The molecule has 0 radical (unpaired) electrons. The molecule has 1 saturated heterocycles. The van der Waals surface area contributed by atoms with Crippen LogP contribution in [0.15, 0.2) is 47.8 Å². The van der Waals surface area contributed by atoms with Gasteiger partial charge in [0.15, 0.2) is 0 Å². The number of cyclic esters (lactones) is 1. The Balaban J connectivity index is 2.29. The minimum absolute atomic E-state index is 0.0458. The van der Waals surface area contributed by atoms with Crippen LogP contribution in [-0.2, 0) is 4.74 Å². The maximum atomic E-state index is 11.6. The number of carbonyl (C=O) groups is 1. The van der Waals surface area contributed by atoms with Crippen molar-refractivity contribution in [1.29, 1.82) is 0 Å². The first-order chi connectivity index (χ1) is 8.18. The van der Waals surface area contributed by atoms with Gasteiger partial charge in [0.25, 0.3) is 0 Å². The molecule has 88 valence electrons. The van der Waals surface area contributed by atoms with Crippen molar-refractivity contribution in [3.05, 3.63) is 53.4 Å². The lowest BCUT2D eigenvalue weighted by atomic mass is 10.1. The van der Waals surface area contributed by atoms with Crippen molar-refractivity contribution in [2.75, 3.05) is 6.61 Å². The summed E-state index contributed by atoms with van der Waals surface area (Å²) in [5.41, 5.74) is 5.13. The molecule has 1 atom stereocenters. The predicted octanol–water partition coefficient (Wildman–Crippen LogP) is 3.26. The Labute approximate surface area is 101 Å². The third kappa shape index (κ3) is 2.58. The molecular formula is C14H15NO2. The van der Waals surface area contributed by atoms with Crippen molar-refractivity contribution in [2.45, 2.75) is 19.9 Å². The maximum absolute atomic E-state index is 11.6. The highest BCUT2D eigenvalue weighted by molar-refractivity contribution is 5.71. The van der Waals surface area contributed by atoms with Crippen LogP contribution in [0.4, 0.5) is 4.79 Å². The number of rotatable bonds is 2. The Morgan fingerprint density at radius 3 is 2.76 bits per heavy atom. The number of hydrogen-bond acceptors (Lipinski definition) is 2. The average molecular weight is 229 g/mol. The van der Waals surface area contributed by atoms with E-state index in [0.717, 1.165) is 11.1 Å². The van der Waals surface area contributed by atoms with E-state index in [4.69, 9.17) is 4.74 Å². The molecule has 2 rings (SSSR count). The smallest absolute Gasteiger partial charge is 0.415 e. The van der Waals surface area contributed by atoms with E-state index >= 15 is 0 Å². The maximum Gasteiger partial charge on any atom is 0.415 e. The van der Waals surface area contributed by atoms with Crippen LogP contribution in [-0.4, -0.2) is 17.6 Å². The molecule has 3 heteroatoms. The molecule has 1 fully saturated rings. The monoisotopic (exact) mass is 229 g/mol. The van der Waals surface area contributed by atoms with E-state index in [-0.39, 0.29) is 12.1 Å². The summed E-state index contributed by atoms with van der Waals surface area (Å²) in [7, 11) is 0. The molecule has 0 saturated carbocycles. The van der Waals surface area contributed by atoms with E-state index in [1.54, 1.807) is 11.1 Å². The van der Waals surface area contributed by atoms with Gasteiger partial charge in [0.1, 0.15) is 6.61 Å². The lowest BCUT2D eigenvalue weighted by Gasteiger charge is -2.16. The average Bonchev–Trinajstić information content (AvgIpc) is 2.69. The van der Waals surface area contributed by atoms with E-state index in [1.807, 2.05) is 44.2 Å². The number of amides is 1. The summed E-state index contributed by atoms with van der Waals surface area (Å²) in [5.74, 6) is 0. The molecule has 1 heterocycles. The van der Waals surface area contributed by atoms with Crippen molar-refractivity contribution in [3.63, 3.8) is 0 Å². The van der Waals surface area contributed by atoms with Crippen molar-refractivity contribution in [2.24, 2.45) is 0 Å². The standard InChI is InChI=1S/C14H15NO2/c1-11(2)8-9-15-13(10-17-14(15)16)12-6-4-3-5-7-12/h3-7,9,13H,10H2,1-2H3/t13-/m0/s1. The van der Waals surface area contributed by atoms with E-state index in [0.29, 0.717) is 6.61 Å². The highest BCUT2D eigenvalue weighted by atomic mass is 16.6. The minimum Gasteiger partial charge on any atom is -0.447 e. The van der Waals surface area contributed by atoms with Crippen molar-refractivity contribution >= 4 is 6.09 Å². The fraction of sp³-hybridized carbons (Fsp3) is 0.286. The summed E-state index contributed by atoms with van der Waals surface area (Å²) >= 11 is 0. The molecule has 1 amide bonds. The van der Waals surface area contributed by atoms with E-state index in [2.05, 4.69) is 5.73 Å². The second-order valence-electron chi connectivity index (χ2n) is 4.18. The molecule has 0 spiro atoms. The summed E-state index contributed by atoms with van der Waals surface area (Å²) in [6.45, 7) is 4.27. The largest absolute Gasteiger partial charge is 0.447 e. The second kappa shape index (κ2) is 4.89. The van der Waals surface area contributed by atoms with Gasteiger partial charge in [0, 0.05) is 0 Å². The molecule has 0 unspecified atom stereocenters. The van der Waals surface area contributed by atoms with Crippen LogP contribution in [0.1, 0.15) is 25.5 Å². The molecule has 1 aliphatic rings. The van der Waals surface area contributed by atoms with Crippen LogP contribution in [0, 0.1) is 0 Å². The third-order valence-corrected chi connectivity index (χ3v) is 2.59. The van der Waals surface area contributed by atoms with Crippen molar-refractivity contribution in [3.8, 4) is 0 Å². The van der Waals surface area contributed by atoms with Gasteiger partial charge >= 0.3 is 6.09 Å². The summed E-state index contributed by atoms with van der Waals surface area (Å²) in [5, 5.41) is 0. The molecular weight excluding hydrogens is 214 g/mol. The Kier molecular flexibility index (Phi) is 3.31. The van der Waals surface area contributed by atoms with Gasteiger partial charge in [-0.1, -0.05) is 30.3 Å². The normalized spacial score (nSPS) is 18.6. The van der Waals surface area contributed by atoms with Crippen LogP contribution in [0.25, 0.3) is 0 Å². The van der Waals surface area contributed by atoms with Crippen LogP contribution in [0.2, 0.25) is 0 Å². The zero-order chi connectivity index (χ0) is 12.3. The highest BCUT2D eigenvalue weighted by Crippen LogP contribution is 2.27. The van der Waals surface area contributed by atoms with Gasteiger partial charge in [-0.15, -0.1) is 5.73 Å². The number of carbonyl (C=O) groups excluding carboxylic acids is 1. The molecule has 0 aliphatic carbocycles. The Hall–Kier alpha value is -1.99. The zero-order valence-corrected chi connectivity index (χ0v) is 10.0. The van der Waals surface area contributed by atoms with Gasteiger partial charge in [-0.3, -0.25) is 4.90 Å². The lowest BCUT2D eigenvalue weighted by Crippen LogP contribution is -2.21. The SMILES string of the molecule is CC(C)=C=CN1C(=O)OC[C@H]1c1ccccc1. The van der Waals surface area contributed by atoms with Crippen molar-refractivity contribution < 1.29 is 9.53 Å². The number of hydrogen-bond donors (Lipinski definition) is 0. The van der Waals surface area contributed by atoms with E-state index < -0.39 is 0 Å². The van der Waals surface area contributed by atoms with Crippen LogP contribution in [0.5, 0.6) is 0 Å². The van der Waals surface area contributed by atoms with Crippen LogP contribution < -0.4 is 0 Å². The molecule has 1 aromatic rings. The number of benzene rings is 1. The molecule has 3 nitrogen and oxygen atoms in total. The fourth-order valence-electron chi connectivity index (χ4n) is 1.71. The van der Waals surface area contributed by atoms with E-state index in [1.165, 1.54) is 0 Å². The van der Waals surface area contributed by atoms with Gasteiger partial charge in [0.05, 0.1) is 12.2 Å². The molecule has 0 aromatic heterocycles.